The third-order valence-corrected chi connectivity index (χ3v) is 5.27. The molecule has 8 nitrogen and oxygen atoms in total. The van der Waals surface area contributed by atoms with E-state index in [4.69, 9.17) is 9.47 Å². The van der Waals surface area contributed by atoms with Gasteiger partial charge in [-0.25, -0.2) is 14.6 Å². The van der Waals surface area contributed by atoms with Crippen LogP contribution >= 0.6 is 0 Å². The van der Waals surface area contributed by atoms with Gasteiger partial charge < -0.3 is 19.2 Å². The van der Waals surface area contributed by atoms with E-state index in [1.54, 1.807) is 12.1 Å². The number of hydrogen-bond acceptors (Lipinski definition) is 7. The van der Waals surface area contributed by atoms with E-state index in [-0.39, 0.29) is 17.9 Å². The number of nitrogens with zero attached hydrogens (tertiary/aromatic N) is 3. The molecular weight excluding hydrogens is 422 g/mol. The first-order valence-electron chi connectivity index (χ1n) is 10.1. The van der Waals surface area contributed by atoms with Crippen molar-refractivity contribution in [3.05, 3.63) is 83.2 Å². The molecule has 0 aliphatic heterocycles. The van der Waals surface area contributed by atoms with Crippen molar-refractivity contribution in [2.45, 2.75) is 6.54 Å². The third kappa shape index (κ3) is 4.18. The van der Waals surface area contributed by atoms with Crippen LogP contribution in [0.15, 0.2) is 71.4 Å². The summed E-state index contributed by atoms with van der Waals surface area (Å²) < 4.78 is 11.8. The number of methoxy groups -OCH3 is 2. The van der Waals surface area contributed by atoms with E-state index in [1.165, 1.54) is 14.2 Å². The number of carbonyl (C=O) groups is 2. The van der Waals surface area contributed by atoms with Gasteiger partial charge in [0.05, 0.1) is 38.1 Å². The van der Waals surface area contributed by atoms with Crippen molar-refractivity contribution >= 4 is 46.0 Å². The van der Waals surface area contributed by atoms with Crippen molar-refractivity contribution in [3.63, 3.8) is 0 Å². The molecule has 2 aromatic heterocycles. The molecule has 0 radical (unpaired) electrons. The maximum atomic E-state index is 12.7. The molecule has 2 heterocycles. The standard InChI is InChI=1S/C25H21N3O5/c1-32-24(29)17(12-16-8-4-3-5-9-16)15-28-22-11-7-6-10-18(22)19-13-20(25(30)33-2)27-21(14-26-31)23(19)28/h3-14,31H,15H2,1-2H3/b17-12+,26-14+. The number of para-hydroxylation sites is 1. The first-order valence-corrected chi connectivity index (χ1v) is 10.1. The van der Waals surface area contributed by atoms with Crippen LogP contribution in [-0.2, 0) is 20.8 Å². The quantitative estimate of drug-likeness (QED) is 0.159. The first-order chi connectivity index (χ1) is 16.1. The van der Waals surface area contributed by atoms with Crippen molar-refractivity contribution in [3.8, 4) is 0 Å². The molecule has 0 fully saturated rings. The van der Waals surface area contributed by atoms with E-state index >= 15 is 0 Å². The van der Waals surface area contributed by atoms with Gasteiger partial charge in [-0.05, 0) is 23.8 Å². The number of pyridine rings is 1. The second-order valence-corrected chi connectivity index (χ2v) is 7.20. The summed E-state index contributed by atoms with van der Waals surface area (Å²) in [6.45, 7) is 0.164. The molecule has 0 saturated heterocycles. The summed E-state index contributed by atoms with van der Waals surface area (Å²) in [4.78, 5) is 29.2. The van der Waals surface area contributed by atoms with Crippen LogP contribution in [0.5, 0.6) is 0 Å². The van der Waals surface area contributed by atoms with E-state index in [0.29, 0.717) is 16.5 Å². The SMILES string of the molecule is COC(=O)/C(=C/c1ccccc1)Cn1c2ccccc2c2cc(C(=O)OC)nc(/C=N/O)c21. The summed E-state index contributed by atoms with van der Waals surface area (Å²) in [7, 11) is 2.61. The zero-order chi connectivity index (χ0) is 23.4. The van der Waals surface area contributed by atoms with Crippen LogP contribution in [0.25, 0.3) is 27.9 Å². The van der Waals surface area contributed by atoms with Gasteiger partial charge in [-0.3, -0.25) is 0 Å². The van der Waals surface area contributed by atoms with Crippen LogP contribution < -0.4 is 0 Å². The lowest BCUT2D eigenvalue weighted by molar-refractivity contribution is -0.136. The highest BCUT2D eigenvalue weighted by atomic mass is 16.5. The first kappa shape index (κ1) is 21.8. The number of rotatable bonds is 6. The Labute approximate surface area is 189 Å². The molecule has 0 aliphatic carbocycles. The fourth-order valence-corrected chi connectivity index (χ4v) is 3.84. The normalized spacial score (nSPS) is 11.9. The zero-order valence-electron chi connectivity index (χ0n) is 18.1. The molecule has 0 unspecified atom stereocenters. The third-order valence-electron chi connectivity index (χ3n) is 5.27. The Balaban J connectivity index is 2.00. The second-order valence-electron chi connectivity index (χ2n) is 7.20. The number of carbonyl (C=O) groups excluding carboxylic acids is 2. The van der Waals surface area contributed by atoms with Crippen molar-refractivity contribution in [2.75, 3.05) is 14.2 Å². The Morgan fingerprint density at radius 3 is 2.45 bits per heavy atom. The van der Waals surface area contributed by atoms with E-state index in [9.17, 15) is 14.8 Å². The van der Waals surface area contributed by atoms with Crippen LogP contribution in [0.4, 0.5) is 0 Å². The highest BCUT2D eigenvalue weighted by Gasteiger charge is 2.21. The fraction of sp³-hybridized carbons (Fsp3) is 0.120. The van der Waals surface area contributed by atoms with Crippen LogP contribution in [0, 0.1) is 0 Å². The summed E-state index contributed by atoms with van der Waals surface area (Å²) in [5, 5.41) is 13.9. The highest BCUT2D eigenvalue weighted by Crippen LogP contribution is 2.32. The number of fused-ring (bicyclic) bond motifs is 3. The number of hydrogen-bond donors (Lipinski definition) is 1. The molecule has 1 N–H and O–H groups in total. The molecule has 4 rings (SSSR count). The molecule has 0 spiro atoms. The van der Waals surface area contributed by atoms with Gasteiger partial charge in [0.15, 0.2) is 0 Å². The summed E-state index contributed by atoms with van der Waals surface area (Å²) in [6, 6.07) is 18.7. The predicted molar refractivity (Wildman–Crippen MR) is 124 cm³/mol. The average Bonchev–Trinajstić information content (AvgIpc) is 3.17. The average molecular weight is 443 g/mol. The Bertz CT molecular complexity index is 1400. The maximum Gasteiger partial charge on any atom is 0.356 e. The summed E-state index contributed by atoms with van der Waals surface area (Å²) in [5.41, 5.74) is 3.01. The van der Waals surface area contributed by atoms with Crippen molar-refractivity contribution in [1.82, 2.24) is 9.55 Å². The summed E-state index contributed by atoms with van der Waals surface area (Å²) in [5.74, 6) is -1.08. The molecule has 2 aromatic carbocycles. The lowest BCUT2D eigenvalue weighted by Crippen LogP contribution is -2.13. The van der Waals surface area contributed by atoms with Crippen LogP contribution in [0.3, 0.4) is 0 Å². The number of ether oxygens (including phenoxy) is 2. The molecule has 0 aliphatic rings. The predicted octanol–water partition coefficient (Wildman–Crippen LogP) is 4.04. The Morgan fingerprint density at radius 1 is 1.03 bits per heavy atom. The lowest BCUT2D eigenvalue weighted by atomic mass is 10.1. The van der Waals surface area contributed by atoms with E-state index in [0.717, 1.165) is 22.7 Å². The minimum Gasteiger partial charge on any atom is -0.466 e. The van der Waals surface area contributed by atoms with Crippen molar-refractivity contribution < 1.29 is 24.3 Å². The van der Waals surface area contributed by atoms with E-state index in [1.807, 2.05) is 59.2 Å². The number of esters is 2. The molecular formula is C25H21N3O5. The zero-order valence-corrected chi connectivity index (χ0v) is 18.1. The highest BCUT2D eigenvalue weighted by molar-refractivity contribution is 6.14. The largest absolute Gasteiger partial charge is 0.466 e. The van der Waals surface area contributed by atoms with E-state index < -0.39 is 11.9 Å². The Hall–Kier alpha value is -4.46. The summed E-state index contributed by atoms with van der Waals surface area (Å²) in [6.07, 6.45) is 2.92. The van der Waals surface area contributed by atoms with Gasteiger partial charge >= 0.3 is 11.9 Å². The molecule has 166 valence electrons. The second kappa shape index (κ2) is 9.35. The van der Waals surface area contributed by atoms with Crippen molar-refractivity contribution in [2.24, 2.45) is 5.16 Å². The topological polar surface area (TPSA) is 103 Å². The van der Waals surface area contributed by atoms with Gasteiger partial charge in [0, 0.05) is 16.3 Å². The van der Waals surface area contributed by atoms with Crippen LogP contribution in [0.1, 0.15) is 21.7 Å². The summed E-state index contributed by atoms with van der Waals surface area (Å²) >= 11 is 0. The smallest absolute Gasteiger partial charge is 0.356 e. The van der Waals surface area contributed by atoms with E-state index in [2.05, 4.69) is 10.1 Å². The Morgan fingerprint density at radius 2 is 1.76 bits per heavy atom. The van der Waals surface area contributed by atoms with Gasteiger partial charge in [0.2, 0.25) is 0 Å². The maximum absolute atomic E-state index is 12.7. The molecule has 8 heteroatoms. The number of benzene rings is 2. The molecule has 0 saturated carbocycles. The molecule has 0 atom stereocenters. The lowest BCUT2D eigenvalue weighted by Gasteiger charge is -2.12. The van der Waals surface area contributed by atoms with Gasteiger partial charge in [-0.15, -0.1) is 0 Å². The Kier molecular flexibility index (Phi) is 6.17. The van der Waals surface area contributed by atoms with Gasteiger partial charge in [-0.2, -0.15) is 0 Å². The van der Waals surface area contributed by atoms with Crippen molar-refractivity contribution in [1.29, 1.82) is 0 Å². The van der Waals surface area contributed by atoms with Gasteiger partial charge in [0.1, 0.15) is 11.4 Å². The van der Waals surface area contributed by atoms with Crippen LogP contribution in [-0.4, -0.2) is 47.1 Å². The van der Waals surface area contributed by atoms with Gasteiger partial charge in [0.25, 0.3) is 0 Å². The monoisotopic (exact) mass is 443 g/mol. The molecule has 0 bridgehead atoms. The minimum atomic E-state index is -0.611. The molecule has 33 heavy (non-hydrogen) atoms. The molecule has 4 aromatic rings. The number of oxime groups is 1. The van der Waals surface area contributed by atoms with Gasteiger partial charge in [-0.1, -0.05) is 53.7 Å². The van der Waals surface area contributed by atoms with Crippen LogP contribution in [0.2, 0.25) is 0 Å². The molecule has 0 amide bonds. The fourth-order valence-electron chi connectivity index (χ4n) is 3.84. The number of aromatic nitrogens is 2. The minimum absolute atomic E-state index is 0.0795.